The van der Waals surface area contributed by atoms with Crippen molar-refractivity contribution in [3.8, 4) is 0 Å². The number of nitrogens with two attached hydrogens (primary N) is 2. The summed E-state index contributed by atoms with van der Waals surface area (Å²) in [5.41, 5.74) is 12.6. The van der Waals surface area contributed by atoms with Crippen molar-refractivity contribution < 1.29 is 9.18 Å². The van der Waals surface area contributed by atoms with E-state index in [-0.39, 0.29) is 17.8 Å². The van der Waals surface area contributed by atoms with E-state index in [0.29, 0.717) is 18.8 Å². The zero-order chi connectivity index (χ0) is 20.4. The number of hydrogen-bond donors (Lipinski definition) is 3. The minimum Gasteiger partial charge on any atom is -0.388 e. The van der Waals surface area contributed by atoms with Gasteiger partial charge in [0.25, 0.3) is 0 Å². The molecule has 1 aromatic carbocycles. The largest absolute Gasteiger partial charge is 0.388 e. The topological polar surface area (TPSA) is 96.7 Å². The summed E-state index contributed by atoms with van der Waals surface area (Å²) in [7, 11) is 0. The number of carbonyl (C=O) groups is 1. The minimum atomic E-state index is -0.654. The van der Waals surface area contributed by atoms with E-state index in [9.17, 15) is 9.18 Å². The lowest BCUT2D eigenvalue weighted by Crippen LogP contribution is -2.50. The van der Waals surface area contributed by atoms with Crippen LogP contribution in [-0.4, -0.2) is 54.9 Å². The summed E-state index contributed by atoms with van der Waals surface area (Å²) < 4.78 is 13.0. The number of aliphatic imine (C=N–C) groups is 1. The Morgan fingerprint density at radius 2 is 1.93 bits per heavy atom. The molecule has 1 heterocycles. The average Bonchev–Trinajstić information content (AvgIpc) is 2.67. The van der Waals surface area contributed by atoms with Gasteiger partial charge in [0.1, 0.15) is 5.82 Å². The summed E-state index contributed by atoms with van der Waals surface area (Å²) in [5.74, 6) is 0.126. The van der Waals surface area contributed by atoms with E-state index < -0.39 is 6.04 Å². The van der Waals surface area contributed by atoms with Crippen molar-refractivity contribution in [1.29, 1.82) is 0 Å². The first kappa shape index (κ1) is 22.3. The van der Waals surface area contributed by atoms with Crippen LogP contribution in [0.2, 0.25) is 0 Å². The number of benzene rings is 1. The van der Waals surface area contributed by atoms with Crippen molar-refractivity contribution >= 4 is 11.7 Å². The van der Waals surface area contributed by atoms with Crippen molar-refractivity contribution in [1.82, 2.24) is 10.2 Å². The van der Waals surface area contributed by atoms with Gasteiger partial charge in [0.15, 0.2) is 0 Å². The average molecular weight is 392 g/mol. The monoisotopic (exact) mass is 391 g/mol. The van der Waals surface area contributed by atoms with Gasteiger partial charge >= 0.3 is 0 Å². The zero-order valence-electron chi connectivity index (χ0n) is 16.9. The number of halogens is 1. The molecule has 0 aromatic heterocycles. The van der Waals surface area contributed by atoms with Gasteiger partial charge in [-0.2, -0.15) is 0 Å². The van der Waals surface area contributed by atoms with E-state index in [1.54, 1.807) is 19.1 Å². The lowest BCUT2D eigenvalue weighted by atomic mass is 10.0. The third kappa shape index (κ3) is 8.35. The molecule has 0 spiro atoms. The van der Waals surface area contributed by atoms with Crippen molar-refractivity contribution in [2.24, 2.45) is 16.5 Å². The van der Waals surface area contributed by atoms with E-state index in [0.717, 1.165) is 38.0 Å². The van der Waals surface area contributed by atoms with Gasteiger partial charge in [-0.1, -0.05) is 18.6 Å². The molecule has 6 nitrogen and oxygen atoms in total. The molecule has 1 unspecified atom stereocenters. The van der Waals surface area contributed by atoms with E-state index in [4.69, 9.17) is 11.5 Å². The van der Waals surface area contributed by atoms with Gasteiger partial charge in [-0.25, -0.2) is 4.39 Å². The highest BCUT2D eigenvalue weighted by Gasteiger charge is 2.21. The van der Waals surface area contributed by atoms with E-state index >= 15 is 0 Å². The predicted molar refractivity (Wildman–Crippen MR) is 112 cm³/mol. The lowest BCUT2D eigenvalue weighted by Gasteiger charge is -2.31. The molecule has 28 heavy (non-hydrogen) atoms. The number of amidine groups is 1. The molecule has 1 amide bonds. The van der Waals surface area contributed by atoms with Gasteiger partial charge in [0.2, 0.25) is 5.91 Å². The van der Waals surface area contributed by atoms with E-state index in [1.807, 2.05) is 0 Å². The SMILES string of the molecule is CC(N)=NCCCC(CN1CCCCC1)NC(=O)[C@H](N)Cc1ccc(F)cc1. The van der Waals surface area contributed by atoms with Crippen LogP contribution in [0, 0.1) is 5.82 Å². The Morgan fingerprint density at radius 1 is 1.25 bits per heavy atom. The lowest BCUT2D eigenvalue weighted by molar-refractivity contribution is -0.123. The van der Waals surface area contributed by atoms with E-state index in [1.165, 1.54) is 31.4 Å². The summed E-state index contributed by atoms with van der Waals surface area (Å²) >= 11 is 0. The molecule has 1 aliphatic heterocycles. The van der Waals surface area contributed by atoms with Crippen LogP contribution in [0.1, 0.15) is 44.6 Å². The Labute approximate surface area is 167 Å². The van der Waals surface area contributed by atoms with Crippen molar-refractivity contribution in [3.63, 3.8) is 0 Å². The van der Waals surface area contributed by atoms with Crippen LogP contribution in [0.3, 0.4) is 0 Å². The molecule has 0 aliphatic carbocycles. The van der Waals surface area contributed by atoms with Crippen molar-refractivity contribution in [3.05, 3.63) is 35.6 Å². The van der Waals surface area contributed by atoms with Gasteiger partial charge in [-0.05, 0) is 69.8 Å². The Kier molecular flexibility index (Phi) is 9.37. The van der Waals surface area contributed by atoms with Gasteiger partial charge in [-0.3, -0.25) is 9.79 Å². The number of nitrogens with one attached hydrogen (secondary N) is 1. The Bertz CT molecular complexity index is 624. The van der Waals surface area contributed by atoms with Crippen molar-refractivity contribution in [2.45, 2.75) is 57.5 Å². The Morgan fingerprint density at radius 3 is 2.57 bits per heavy atom. The number of rotatable bonds is 10. The molecule has 5 N–H and O–H groups in total. The van der Waals surface area contributed by atoms with Gasteiger partial charge in [-0.15, -0.1) is 0 Å². The maximum Gasteiger partial charge on any atom is 0.237 e. The summed E-state index contributed by atoms with van der Waals surface area (Å²) in [6.45, 7) is 5.43. The molecule has 1 fully saturated rings. The number of nitrogens with zero attached hydrogens (tertiary/aromatic N) is 2. The third-order valence-electron chi connectivity index (χ3n) is 5.05. The third-order valence-corrected chi connectivity index (χ3v) is 5.05. The molecule has 7 heteroatoms. The molecular formula is C21H34FN5O. The quantitative estimate of drug-likeness (QED) is 0.322. The van der Waals surface area contributed by atoms with Crippen LogP contribution in [0.5, 0.6) is 0 Å². The first-order valence-electron chi connectivity index (χ1n) is 10.2. The Balaban J connectivity index is 1.88. The molecule has 1 aromatic rings. The van der Waals surface area contributed by atoms with Crippen LogP contribution in [0.15, 0.2) is 29.3 Å². The molecular weight excluding hydrogens is 357 g/mol. The number of hydrogen-bond acceptors (Lipinski definition) is 4. The fourth-order valence-electron chi connectivity index (χ4n) is 3.53. The second-order valence-electron chi connectivity index (χ2n) is 7.67. The number of likely N-dealkylation sites (tertiary alicyclic amines) is 1. The molecule has 0 bridgehead atoms. The predicted octanol–water partition coefficient (Wildman–Crippen LogP) is 1.82. The molecule has 1 saturated heterocycles. The molecule has 0 saturated carbocycles. The number of piperidine rings is 1. The highest BCUT2D eigenvalue weighted by molar-refractivity contribution is 5.82. The zero-order valence-corrected chi connectivity index (χ0v) is 16.9. The number of carbonyl (C=O) groups excluding carboxylic acids is 1. The fraction of sp³-hybridized carbons (Fsp3) is 0.619. The van der Waals surface area contributed by atoms with Gasteiger partial charge < -0.3 is 21.7 Å². The summed E-state index contributed by atoms with van der Waals surface area (Å²) in [4.78, 5) is 19.3. The molecule has 2 rings (SSSR count). The molecule has 1 aliphatic rings. The second-order valence-corrected chi connectivity index (χ2v) is 7.67. The van der Waals surface area contributed by atoms with E-state index in [2.05, 4.69) is 15.2 Å². The standard InChI is InChI=1S/C21H34FN5O/c1-16(23)25-11-5-6-19(15-27-12-3-2-4-13-27)26-21(28)20(24)14-17-7-9-18(22)10-8-17/h7-10,19-20H,2-6,11-15,24H2,1H3,(H2,23,25)(H,26,28)/t19?,20-/m1/s1. The van der Waals surface area contributed by atoms with Crippen LogP contribution in [-0.2, 0) is 11.2 Å². The van der Waals surface area contributed by atoms with Crippen LogP contribution >= 0.6 is 0 Å². The maximum atomic E-state index is 13.0. The normalized spacial score (nSPS) is 17.9. The summed E-state index contributed by atoms with van der Waals surface area (Å²) in [6, 6.07) is 5.50. The highest BCUT2D eigenvalue weighted by Crippen LogP contribution is 2.11. The van der Waals surface area contributed by atoms with Crippen LogP contribution in [0.4, 0.5) is 4.39 Å². The van der Waals surface area contributed by atoms with Crippen LogP contribution in [0.25, 0.3) is 0 Å². The first-order chi connectivity index (χ1) is 13.4. The first-order valence-corrected chi connectivity index (χ1v) is 10.2. The molecule has 2 atom stereocenters. The maximum absolute atomic E-state index is 13.0. The minimum absolute atomic E-state index is 0.0400. The molecule has 156 valence electrons. The Hall–Kier alpha value is -1.99. The van der Waals surface area contributed by atoms with Gasteiger partial charge in [0, 0.05) is 19.1 Å². The summed E-state index contributed by atoms with van der Waals surface area (Å²) in [5, 5.41) is 3.12. The van der Waals surface area contributed by atoms with Gasteiger partial charge in [0.05, 0.1) is 11.9 Å². The summed E-state index contributed by atoms with van der Waals surface area (Å²) in [6.07, 6.45) is 5.78. The second kappa shape index (κ2) is 11.8. The molecule has 0 radical (unpaired) electrons. The number of amides is 1. The highest BCUT2D eigenvalue weighted by atomic mass is 19.1. The van der Waals surface area contributed by atoms with Crippen molar-refractivity contribution in [2.75, 3.05) is 26.2 Å². The smallest absolute Gasteiger partial charge is 0.237 e. The fourth-order valence-corrected chi connectivity index (χ4v) is 3.53. The van der Waals surface area contributed by atoms with Crippen LogP contribution < -0.4 is 16.8 Å².